The van der Waals surface area contributed by atoms with Gasteiger partial charge < -0.3 is 10.1 Å². The van der Waals surface area contributed by atoms with Crippen LogP contribution in [0.4, 0.5) is 4.39 Å². The molecule has 1 atom stereocenters. The lowest BCUT2D eigenvalue weighted by Crippen LogP contribution is -2.33. The molecule has 0 bridgehead atoms. The van der Waals surface area contributed by atoms with E-state index >= 15 is 0 Å². The van der Waals surface area contributed by atoms with E-state index in [2.05, 4.69) is 10.4 Å². The summed E-state index contributed by atoms with van der Waals surface area (Å²) in [7, 11) is 0. The topological polar surface area (TPSA) is 56.1 Å². The van der Waals surface area contributed by atoms with Crippen molar-refractivity contribution in [3.8, 4) is 5.75 Å². The average Bonchev–Trinajstić information content (AvgIpc) is 2.91. The predicted molar refractivity (Wildman–Crippen MR) is 88.7 cm³/mol. The Morgan fingerprint density at radius 1 is 1.42 bits per heavy atom. The maximum absolute atomic E-state index is 13.8. The van der Waals surface area contributed by atoms with Crippen molar-refractivity contribution in [1.29, 1.82) is 0 Å². The highest BCUT2D eigenvalue weighted by Gasteiger charge is 2.27. The van der Waals surface area contributed by atoms with E-state index in [0.717, 1.165) is 5.69 Å². The largest absolute Gasteiger partial charge is 0.490 e. The van der Waals surface area contributed by atoms with Crippen LogP contribution in [0.25, 0.3) is 0 Å². The molecule has 0 saturated carbocycles. The van der Waals surface area contributed by atoms with Crippen molar-refractivity contribution in [2.24, 2.45) is 0 Å². The molecule has 2 heterocycles. The second-order valence-electron chi connectivity index (χ2n) is 7.07. The zero-order valence-corrected chi connectivity index (χ0v) is 14.4. The highest BCUT2D eigenvalue weighted by molar-refractivity contribution is 5.92. The molecule has 1 aromatic carbocycles. The summed E-state index contributed by atoms with van der Waals surface area (Å²) in [6.45, 7) is 8.40. The smallest absolute Gasteiger partial charge is 0.272 e. The van der Waals surface area contributed by atoms with Gasteiger partial charge in [0.1, 0.15) is 5.69 Å². The first-order chi connectivity index (χ1) is 11.3. The Labute approximate surface area is 140 Å². The van der Waals surface area contributed by atoms with Crippen LogP contribution in [0.3, 0.4) is 0 Å². The summed E-state index contributed by atoms with van der Waals surface area (Å²) in [4.78, 5) is 12.6. The Morgan fingerprint density at radius 3 is 2.83 bits per heavy atom. The summed E-state index contributed by atoms with van der Waals surface area (Å²) in [6, 6.07) is 6.25. The van der Waals surface area contributed by atoms with Crippen molar-refractivity contribution in [3.63, 3.8) is 0 Å². The summed E-state index contributed by atoms with van der Waals surface area (Å²) in [6.07, 6.45) is 0.598. The van der Waals surface area contributed by atoms with Crippen LogP contribution >= 0.6 is 0 Å². The van der Waals surface area contributed by atoms with Gasteiger partial charge in [0.15, 0.2) is 11.6 Å². The van der Waals surface area contributed by atoms with E-state index in [9.17, 15) is 9.18 Å². The van der Waals surface area contributed by atoms with Crippen LogP contribution in [-0.2, 0) is 5.54 Å². The van der Waals surface area contributed by atoms with Crippen molar-refractivity contribution < 1.29 is 13.9 Å². The fourth-order valence-electron chi connectivity index (χ4n) is 3.03. The average molecular weight is 331 g/mol. The minimum absolute atomic E-state index is 0.197. The van der Waals surface area contributed by atoms with Crippen molar-refractivity contribution in [2.45, 2.75) is 45.7 Å². The van der Waals surface area contributed by atoms with E-state index in [0.29, 0.717) is 24.3 Å². The number of nitrogens with one attached hydrogen (secondary N) is 1. The van der Waals surface area contributed by atoms with Gasteiger partial charge in [-0.25, -0.2) is 4.39 Å². The molecule has 1 amide bonds. The van der Waals surface area contributed by atoms with Gasteiger partial charge in [-0.3, -0.25) is 9.48 Å². The highest BCUT2D eigenvalue weighted by Crippen LogP contribution is 2.34. The number of aryl methyl sites for hydroxylation is 1. The van der Waals surface area contributed by atoms with Gasteiger partial charge in [-0.15, -0.1) is 0 Å². The van der Waals surface area contributed by atoms with Crippen molar-refractivity contribution >= 4 is 5.91 Å². The second-order valence-corrected chi connectivity index (χ2v) is 7.07. The number of carbonyl (C=O) groups is 1. The van der Waals surface area contributed by atoms with E-state index < -0.39 is 5.82 Å². The molecule has 24 heavy (non-hydrogen) atoms. The summed E-state index contributed by atoms with van der Waals surface area (Å²) in [5.74, 6) is -0.437. The lowest BCUT2D eigenvalue weighted by atomic mass is 10.00. The van der Waals surface area contributed by atoms with Crippen LogP contribution in [0, 0.1) is 12.7 Å². The lowest BCUT2D eigenvalue weighted by Gasteiger charge is -2.26. The van der Waals surface area contributed by atoms with Gasteiger partial charge in [0.2, 0.25) is 0 Å². The summed E-state index contributed by atoms with van der Waals surface area (Å²) in [5.41, 5.74) is 1.76. The molecule has 1 aliphatic rings. The first-order valence-corrected chi connectivity index (χ1v) is 8.06. The second kappa shape index (κ2) is 5.92. The third-order valence-corrected chi connectivity index (χ3v) is 4.09. The molecule has 0 unspecified atom stereocenters. The maximum Gasteiger partial charge on any atom is 0.272 e. The molecule has 5 nitrogen and oxygen atoms in total. The number of carbonyl (C=O) groups excluding carboxylic acids is 1. The first-order valence-electron chi connectivity index (χ1n) is 8.06. The Kier molecular flexibility index (Phi) is 4.07. The van der Waals surface area contributed by atoms with Crippen LogP contribution < -0.4 is 10.1 Å². The number of fused-ring (bicyclic) bond motifs is 1. The number of rotatable bonds is 2. The number of benzene rings is 1. The third-order valence-electron chi connectivity index (χ3n) is 4.09. The molecule has 0 aliphatic carbocycles. The quantitative estimate of drug-likeness (QED) is 0.918. The standard InChI is InChI=1S/C18H22FN3O2/c1-11-10-15(21-22(11)18(2,3)4)17(23)20-14-8-9-24-16-12(14)6-5-7-13(16)19/h5-7,10,14H,8-9H2,1-4H3,(H,20,23)/t14-/m0/s1. The summed E-state index contributed by atoms with van der Waals surface area (Å²) < 4.78 is 21.1. The van der Waals surface area contributed by atoms with Gasteiger partial charge in [-0.05, 0) is 39.8 Å². The molecule has 1 aliphatic heterocycles. The molecule has 0 fully saturated rings. The molecule has 0 spiro atoms. The van der Waals surface area contributed by atoms with E-state index in [4.69, 9.17) is 4.74 Å². The molecule has 1 aromatic heterocycles. The Morgan fingerprint density at radius 2 is 2.17 bits per heavy atom. The fraction of sp³-hybridized carbons (Fsp3) is 0.444. The zero-order valence-electron chi connectivity index (χ0n) is 14.4. The van der Waals surface area contributed by atoms with E-state index in [1.807, 2.05) is 32.4 Å². The number of halogens is 1. The Hall–Kier alpha value is -2.37. The van der Waals surface area contributed by atoms with Crippen LogP contribution in [0.15, 0.2) is 24.3 Å². The number of hydrogen-bond donors (Lipinski definition) is 1. The van der Waals surface area contributed by atoms with E-state index in [1.54, 1.807) is 18.2 Å². The van der Waals surface area contributed by atoms with Gasteiger partial charge in [-0.1, -0.05) is 12.1 Å². The van der Waals surface area contributed by atoms with Crippen molar-refractivity contribution in [1.82, 2.24) is 15.1 Å². The highest BCUT2D eigenvalue weighted by atomic mass is 19.1. The van der Waals surface area contributed by atoms with Gasteiger partial charge >= 0.3 is 0 Å². The number of ether oxygens (including phenoxy) is 1. The third kappa shape index (κ3) is 3.00. The molecule has 128 valence electrons. The van der Waals surface area contributed by atoms with Crippen LogP contribution in [0.1, 0.15) is 55.0 Å². The molecule has 0 saturated heterocycles. The van der Waals surface area contributed by atoms with Crippen LogP contribution in [0.5, 0.6) is 5.75 Å². The minimum atomic E-state index is -0.403. The molecule has 2 aromatic rings. The van der Waals surface area contributed by atoms with Gasteiger partial charge in [0.25, 0.3) is 5.91 Å². The molecule has 1 N–H and O–H groups in total. The zero-order chi connectivity index (χ0) is 17.5. The van der Waals surface area contributed by atoms with Gasteiger partial charge in [-0.2, -0.15) is 5.10 Å². The Bertz CT molecular complexity index is 777. The molecular weight excluding hydrogens is 309 g/mol. The normalized spacial score (nSPS) is 17.1. The number of para-hydroxylation sites is 1. The maximum atomic E-state index is 13.8. The number of nitrogens with zero attached hydrogens (tertiary/aromatic N) is 2. The van der Waals surface area contributed by atoms with E-state index in [1.165, 1.54) is 6.07 Å². The molecule has 6 heteroatoms. The number of hydrogen-bond acceptors (Lipinski definition) is 3. The van der Waals surface area contributed by atoms with Gasteiger partial charge in [0, 0.05) is 17.7 Å². The minimum Gasteiger partial charge on any atom is -0.490 e. The monoisotopic (exact) mass is 331 g/mol. The number of aromatic nitrogens is 2. The lowest BCUT2D eigenvalue weighted by molar-refractivity contribution is 0.0917. The summed E-state index contributed by atoms with van der Waals surface area (Å²) in [5, 5.41) is 7.37. The predicted octanol–water partition coefficient (Wildman–Crippen LogP) is 3.34. The van der Waals surface area contributed by atoms with E-state index in [-0.39, 0.29) is 23.2 Å². The van der Waals surface area contributed by atoms with Crippen LogP contribution in [-0.4, -0.2) is 22.3 Å². The molecular formula is C18H22FN3O2. The SMILES string of the molecule is Cc1cc(C(=O)N[C@H]2CCOc3c(F)cccc32)nn1C(C)(C)C. The Balaban J connectivity index is 1.83. The summed E-state index contributed by atoms with van der Waals surface area (Å²) >= 11 is 0. The number of amides is 1. The van der Waals surface area contributed by atoms with Crippen LogP contribution in [0.2, 0.25) is 0 Å². The molecule has 0 radical (unpaired) electrons. The fourth-order valence-corrected chi connectivity index (χ4v) is 3.03. The molecule has 3 rings (SSSR count). The van der Waals surface area contributed by atoms with Crippen molar-refractivity contribution in [3.05, 3.63) is 47.0 Å². The van der Waals surface area contributed by atoms with Gasteiger partial charge in [0.05, 0.1) is 18.2 Å². The van der Waals surface area contributed by atoms with Crippen molar-refractivity contribution in [2.75, 3.05) is 6.61 Å². The first kappa shape index (κ1) is 16.5.